The highest BCUT2D eigenvalue weighted by Gasteiger charge is 2.29. The fourth-order valence-electron chi connectivity index (χ4n) is 4.81. The topological polar surface area (TPSA) is 112 Å². The van der Waals surface area contributed by atoms with Crippen molar-refractivity contribution in [1.82, 2.24) is 14.7 Å². The quantitative estimate of drug-likeness (QED) is 0.262. The molecule has 0 aliphatic carbocycles. The molecule has 0 bridgehead atoms. The smallest absolute Gasteiger partial charge is 0.310 e. The molecular formula is C32H31FN4O6. The highest BCUT2D eigenvalue weighted by Crippen LogP contribution is 2.30. The number of nitrogens with zero attached hydrogens (tertiary/aromatic N) is 3. The molecule has 43 heavy (non-hydrogen) atoms. The van der Waals surface area contributed by atoms with Crippen molar-refractivity contribution in [2.45, 2.75) is 19.8 Å². The van der Waals surface area contributed by atoms with Gasteiger partial charge in [0.15, 0.2) is 11.4 Å². The molecule has 1 fully saturated rings. The maximum atomic E-state index is 13.6. The van der Waals surface area contributed by atoms with E-state index in [1.807, 2.05) is 0 Å². The van der Waals surface area contributed by atoms with E-state index in [1.54, 1.807) is 67.5 Å². The van der Waals surface area contributed by atoms with Crippen molar-refractivity contribution in [1.29, 1.82) is 0 Å². The molecule has 0 spiro atoms. The summed E-state index contributed by atoms with van der Waals surface area (Å²) in [6, 6.07) is 18.9. The minimum absolute atomic E-state index is 0.0857. The first-order valence-electron chi connectivity index (χ1n) is 13.9. The van der Waals surface area contributed by atoms with Crippen LogP contribution in [-0.4, -0.2) is 53.4 Å². The monoisotopic (exact) mass is 586 g/mol. The Kier molecular flexibility index (Phi) is 8.99. The number of likely N-dealkylation sites (tertiary alicyclic amines) is 1. The number of benzene rings is 3. The van der Waals surface area contributed by atoms with Crippen molar-refractivity contribution in [2.75, 3.05) is 32.1 Å². The minimum atomic E-state index is -0.531. The molecule has 0 radical (unpaired) electrons. The summed E-state index contributed by atoms with van der Waals surface area (Å²) in [7, 11) is 1.56. The highest BCUT2D eigenvalue weighted by atomic mass is 19.1. The van der Waals surface area contributed by atoms with Gasteiger partial charge in [-0.1, -0.05) is 0 Å². The Morgan fingerprint density at radius 2 is 1.70 bits per heavy atom. The van der Waals surface area contributed by atoms with Crippen LogP contribution in [0, 0.1) is 11.7 Å². The van der Waals surface area contributed by atoms with Gasteiger partial charge in [0, 0.05) is 24.3 Å². The first-order valence-corrected chi connectivity index (χ1v) is 13.9. The van der Waals surface area contributed by atoms with Crippen molar-refractivity contribution < 1.29 is 28.2 Å². The summed E-state index contributed by atoms with van der Waals surface area (Å²) < 4.78 is 31.0. The number of methoxy groups -OCH3 is 1. The number of esters is 1. The zero-order valence-electron chi connectivity index (χ0n) is 23.8. The van der Waals surface area contributed by atoms with Gasteiger partial charge >= 0.3 is 5.97 Å². The second kappa shape index (κ2) is 13.2. The van der Waals surface area contributed by atoms with Crippen molar-refractivity contribution in [3.63, 3.8) is 0 Å². The largest absolute Gasteiger partial charge is 0.497 e. The predicted octanol–water partition coefficient (Wildman–Crippen LogP) is 5.33. The Morgan fingerprint density at radius 1 is 1.00 bits per heavy atom. The van der Waals surface area contributed by atoms with E-state index in [2.05, 4.69) is 10.4 Å². The lowest BCUT2D eigenvalue weighted by molar-refractivity contribution is -0.149. The summed E-state index contributed by atoms with van der Waals surface area (Å²) in [4.78, 5) is 40.7. The Morgan fingerprint density at radius 3 is 2.37 bits per heavy atom. The molecule has 2 heterocycles. The number of hydrogen-bond donors (Lipinski definition) is 1. The van der Waals surface area contributed by atoms with E-state index in [1.165, 1.54) is 30.5 Å². The molecule has 4 aromatic rings. The lowest BCUT2D eigenvalue weighted by Crippen LogP contribution is -2.42. The Labute approximate surface area is 247 Å². The summed E-state index contributed by atoms with van der Waals surface area (Å²) >= 11 is 0. The first kappa shape index (κ1) is 29.3. The lowest BCUT2D eigenvalue weighted by Gasteiger charge is -2.31. The number of aromatic nitrogens is 2. The van der Waals surface area contributed by atoms with Crippen LogP contribution in [0.1, 0.15) is 30.1 Å². The van der Waals surface area contributed by atoms with Gasteiger partial charge in [0.05, 0.1) is 31.5 Å². The average Bonchev–Trinajstić information content (AvgIpc) is 3.04. The van der Waals surface area contributed by atoms with Crippen LogP contribution in [0.15, 0.2) is 83.8 Å². The maximum absolute atomic E-state index is 13.6. The molecule has 10 nitrogen and oxygen atoms in total. The van der Waals surface area contributed by atoms with E-state index in [4.69, 9.17) is 14.2 Å². The number of piperidine rings is 1. The van der Waals surface area contributed by atoms with E-state index >= 15 is 0 Å². The third-order valence-corrected chi connectivity index (χ3v) is 7.03. The minimum Gasteiger partial charge on any atom is -0.497 e. The number of anilines is 2. The van der Waals surface area contributed by atoms with Crippen LogP contribution in [0.5, 0.6) is 17.2 Å². The summed E-state index contributed by atoms with van der Waals surface area (Å²) in [5.41, 5.74) is 0.893. The van der Waals surface area contributed by atoms with Crippen LogP contribution in [-0.2, 0) is 9.53 Å². The molecule has 11 heteroatoms. The van der Waals surface area contributed by atoms with Gasteiger partial charge in [-0.15, -0.1) is 0 Å². The van der Waals surface area contributed by atoms with Gasteiger partial charge in [-0.05, 0) is 92.6 Å². The van der Waals surface area contributed by atoms with Gasteiger partial charge in [-0.25, -0.2) is 4.39 Å². The molecule has 1 aromatic heterocycles. The zero-order chi connectivity index (χ0) is 30.3. The van der Waals surface area contributed by atoms with Gasteiger partial charge < -0.3 is 24.4 Å². The highest BCUT2D eigenvalue weighted by molar-refractivity contribution is 5.95. The molecule has 3 aromatic carbocycles. The number of rotatable bonds is 9. The second-order valence-electron chi connectivity index (χ2n) is 9.90. The number of nitrogens with one attached hydrogen (secondary N) is 1. The molecule has 0 saturated carbocycles. The Hall–Kier alpha value is -5.19. The van der Waals surface area contributed by atoms with E-state index in [9.17, 15) is 18.8 Å². The molecular weight excluding hydrogens is 555 g/mol. The van der Waals surface area contributed by atoms with Crippen LogP contribution < -0.4 is 20.3 Å². The fourth-order valence-corrected chi connectivity index (χ4v) is 4.81. The van der Waals surface area contributed by atoms with Crippen LogP contribution in [0.2, 0.25) is 0 Å². The Balaban J connectivity index is 1.40. The zero-order valence-corrected chi connectivity index (χ0v) is 23.8. The average molecular weight is 587 g/mol. The molecule has 1 aliphatic rings. The van der Waals surface area contributed by atoms with Crippen molar-refractivity contribution >= 4 is 23.3 Å². The summed E-state index contributed by atoms with van der Waals surface area (Å²) in [5, 5.41) is 7.34. The third kappa shape index (κ3) is 6.83. The molecule has 5 rings (SSSR count). The molecule has 1 aliphatic heterocycles. The number of carbonyl (C=O) groups is 2. The van der Waals surface area contributed by atoms with Gasteiger partial charge in [0.2, 0.25) is 0 Å². The van der Waals surface area contributed by atoms with E-state index in [0.29, 0.717) is 61.0 Å². The van der Waals surface area contributed by atoms with Crippen LogP contribution >= 0.6 is 0 Å². The van der Waals surface area contributed by atoms with E-state index in [-0.39, 0.29) is 29.2 Å². The van der Waals surface area contributed by atoms with Crippen molar-refractivity contribution in [3.05, 3.63) is 101 Å². The second-order valence-corrected chi connectivity index (χ2v) is 9.90. The standard InChI is InChI=1S/C32H31FN4O6/c1-3-42-32(40)22-5-4-18-36(20-22)30(38)21-6-10-24(11-7-21)35-29-28(43-27-16-14-26(41-2)15-17-27)19-34-37(31(29)39)25-12-8-23(33)9-13-25/h6-17,19,22,35H,3-5,18,20H2,1-2H3. The van der Waals surface area contributed by atoms with Gasteiger partial charge in [0.25, 0.3) is 11.5 Å². The number of ether oxygens (including phenoxy) is 3. The first-order chi connectivity index (χ1) is 20.9. The van der Waals surface area contributed by atoms with E-state index in [0.717, 1.165) is 4.68 Å². The van der Waals surface area contributed by atoms with Gasteiger partial charge in [0.1, 0.15) is 17.3 Å². The fraction of sp³-hybridized carbons (Fsp3) is 0.250. The number of hydrogen-bond acceptors (Lipinski definition) is 8. The van der Waals surface area contributed by atoms with Crippen molar-refractivity contribution in [2.24, 2.45) is 5.92 Å². The van der Waals surface area contributed by atoms with Crippen molar-refractivity contribution in [3.8, 4) is 22.9 Å². The lowest BCUT2D eigenvalue weighted by atomic mass is 9.97. The maximum Gasteiger partial charge on any atom is 0.310 e. The molecule has 1 N–H and O–H groups in total. The Bertz CT molecular complexity index is 1640. The third-order valence-electron chi connectivity index (χ3n) is 7.03. The molecule has 222 valence electrons. The normalized spacial score (nSPS) is 14.6. The van der Waals surface area contributed by atoms with Gasteiger partial charge in [-0.3, -0.25) is 14.4 Å². The summed E-state index contributed by atoms with van der Waals surface area (Å²) in [6.45, 7) is 2.93. The van der Waals surface area contributed by atoms with Crippen LogP contribution in [0.25, 0.3) is 5.69 Å². The van der Waals surface area contributed by atoms with Crippen LogP contribution in [0.4, 0.5) is 15.8 Å². The molecule has 1 unspecified atom stereocenters. The summed E-state index contributed by atoms with van der Waals surface area (Å²) in [6.07, 6.45) is 2.80. The summed E-state index contributed by atoms with van der Waals surface area (Å²) in [5.74, 6) is 0.0109. The molecule has 1 amide bonds. The number of amides is 1. The molecule has 1 saturated heterocycles. The van der Waals surface area contributed by atoms with Crippen LogP contribution in [0.3, 0.4) is 0 Å². The van der Waals surface area contributed by atoms with E-state index < -0.39 is 11.4 Å². The predicted molar refractivity (Wildman–Crippen MR) is 158 cm³/mol. The van der Waals surface area contributed by atoms with Gasteiger partial charge in [-0.2, -0.15) is 9.78 Å². The number of carbonyl (C=O) groups excluding carboxylic acids is 2. The SMILES string of the molecule is CCOC(=O)C1CCCN(C(=O)c2ccc(Nc3c(Oc4ccc(OC)cc4)cnn(-c4ccc(F)cc4)c3=O)cc2)C1. The molecule has 1 atom stereocenters. The number of halogens is 1.